The molecule has 0 saturated carbocycles. The average molecular weight is 559 g/mol. The maximum absolute atomic E-state index is 12.6. The fourth-order valence-electron chi connectivity index (χ4n) is 5.14. The van der Waals surface area contributed by atoms with E-state index in [-0.39, 0.29) is 11.9 Å². The fraction of sp³-hybridized carbons (Fsp3) is 0.778. The second-order valence-corrected chi connectivity index (χ2v) is 11.7. The molecule has 0 spiro atoms. The SMILES string of the molecule is CCCCCCCCCCCCc1ccc(OC(=O)CCCCCCCC)c(OC(=O)CCCCCCCC)c1. The van der Waals surface area contributed by atoms with Crippen LogP contribution in [0.4, 0.5) is 0 Å². The van der Waals surface area contributed by atoms with E-state index in [9.17, 15) is 9.59 Å². The van der Waals surface area contributed by atoms with Crippen molar-refractivity contribution in [3.05, 3.63) is 23.8 Å². The molecule has 0 unspecified atom stereocenters. The number of unbranched alkanes of at least 4 members (excludes halogenated alkanes) is 19. The average Bonchev–Trinajstić information content (AvgIpc) is 2.95. The zero-order valence-corrected chi connectivity index (χ0v) is 26.5. The lowest BCUT2D eigenvalue weighted by Crippen LogP contribution is -2.12. The van der Waals surface area contributed by atoms with Crippen molar-refractivity contribution in [3.8, 4) is 11.5 Å². The molecule has 0 fully saturated rings. The lowest BCUT2D eigenvalue weighted by molar-refractivity contribution is -0.137. The molecule has 0 N–H and O–H groups in total. The van der Waals surface area contributed by atoms with Crippen molar-refractivity contribution in [2.45, 2.75) is 181 Å². The molecule has 4 nitrogen and oxygen atoms in total. The summed E-state index contributed by atoms with van der Waals surface area (Å²) in [7, 11) is 0. The molecule has 4 heteroatoms. The van der Waals surface area contributed by atoms with Gasteiger partial charge in [0.05, 0.1) is 0 Å². The van der Waals surface area contributed by atoms with Gasteiger partial charge >= 0.3 is 11.9 Å². The third-order valence-corrected chi connectivity index (χ3v) is 7.74. The van der Waals surface area contributed by atoms with E-state index < -0.39 is 0 Å². The van der Waals surface area contributed by atoms with E-state index in [1.54, 1.807) is 0 Å². The molecule has 0 aliphatic carbocycles. The Hall–Kier alpha value is -1.84. The number of carbonyl (C=O) groups excluding carboxylic acids is 2. The number of carbonyl (C=O) groups is 2. The van der Waals surface area contributed by atoms with Crippen LogP contribution >= 0.6 is 0 Å². The first kappa shape index (κ1) is 36.2. The van der Waals surface area contributed by atoms with Gasteiger partial charge in [-0.2, -0.15) is 0 Å². The summed E-state index contributed by atoms with van der Waals surface area (Å²) < 4.78 is 11.5. The summed E-state index contributed by atoms with van der Waals surface area (Å²) in [6.45, 7) is 6.68. The molecular formula is C36H62O4. The van der Waals surface area contributed by atoms with Gasteiger partial charge in [0.15, 0.2) is 11.5 Å². The molecule has 230 valence electrons. The number of ether oxygens (including phenoxy) is 2. The van der Waals surface area contributed by atoms with Gasteiger partial charge in [-0.05, 0) is 43.4 Å². The first-order chi connectivity index (χ1) is 19.6. The maximum atomic E-state index is 12.6. The Kier molecular flexibility index (Phi) is 23.6. The van der Waals surface area contributed by atoms with Gasteiger partial charge in [-0.3, -0.25) is 9.59 Å². The molecule has 0 aromatic heterocycles. The molecule has 1 aromatic carbocycles. The highest BCUT2D eigenvalue weighted by molar-refractivity contribution is 5.76. The predicted octanol–water partition coefficient (Wildman–Crippen LogP) is 11.5. The van der Waals surface area contributed by atoms with Crippen LogP contribution in [0.15, 0.2) is 18.2 Å². The molecule has 0 atom stereocenters. The van der Waals surface area contributed by atoms with Crippen LogP contribution in [0.1, 0.15) is 180 Å². The van der Waals surface area contributed by atoms with Crippen LogP contribution in [0.2, 0.25) is 0 Å². The molecule has 1 rings (SSSR count). The molecule has 0 bridgehead atoms. The Labute approximate surface area is 247 Å². The summed E-state index contributed by atoms with van der Waals surface area (Å²) in [6, 6.07) is 5.75. The summed E-state index contributed by atoms with van der Waals surface area (Å²) in [5.41, 5.74) is 1.14. The van der Waals surface area contributed by atoms with Crippen LogP contribution in [0.5, 0.6) is 11.5 Å². The number of aryl methyl sites for hydroxylation is 1. The Bertz CT molecular complexity index is 757. The molecule has 0 amide bonds. The third kappa shape index (κ3) is 20.1. The minimum Gasteiger partial charge on any atom is -0.423 e. The van der Waals surface area contributed by atoms with Gasteiger partial charge in [0, 0.05) is 12.8 Å². The molecular weight excluding hydrogens is 496 g/mol. The highest BCUT2D eigenvalue weighted by Crippen LogP contribution is 2.30. The van der Waals surface area contributed by atoms with Gasteiger partial charge in [0.1, 0.15) is 0 Å². The quantitative estimate of drug-likeness (QED) is 0.0612. The van der Waals surface area contributed by atoms with E-state index in [1.165, 1.54) is 96.3 Å². The van der Waals surface area contributed by atoms with Gasteiger partial charge in [0.25, 0.3) is 0 Å². The smallest absolute Gasteiger partial charge is 0.311 e. The Morgan fingerprint density at radius 1 is 0.475 bits per heavy atom. The van der Waals surface area contributed by atoms with Crippen molar-refractivity contribution in [1.82, 2.24) is 0 Å². The van der Waals surface area contributed by atoms with Crippen LogP contribution in [0, 0.1) is 0 Å². The van der Waals surface area contributed by atoms with Crippen molar-refractivity contribution in [1.29, 1.82) is 0 Å². The Balaban J connectivity index is 2.55. The lowest BCUT2D eigenvalue weighted by atomic mass is 10.0. The first-order valence-electron chi connectivity index (χ1n) is 17.1. The van der Waals surface area contributed by atoms with E-state index in [0.717, 1.165) is 56.9 Å². The van der Waals surface area contributed by atoms with E-state index in [0.29, 0.717) is 24.3 Å². The van der Waals surface area contributed by atoms with Crippen molar-refractivity contribution in [3.63, 3.8) is 0 Å². The van der Waals surface area contributed by atoms with Crippen molar-refractivity contribution in [2.75, 3.05) is 0 Å². The number of esters is 2. The van der Waals surface area contributed by atoms with Crippen LogP contribution in [-0.2, 0) is 16.0 Å². The van der Waals surface area contributed by atoms with E-state index in [4.69, 9.17) is 9.47 Å². The van der Waals surface area contributed by atoms with Gasteiger partial charge < -0.3 is 9.47 Å². The minimum atomic E-state index is -0.244. The molecule has 0 aliphatic rings. The molecule has 1 aromatic rings. The molecule has 40 heavy (non-hydrogen) atoms. The second kappa shape index (κ2) is 26.1. The summed E-state index contributed by atoms with van der Waals surface area (Å²) in [4.78, 5) is 25.2. The normalized spacial score (nSPS) is 11.1. The second-order valence-electron chi connectivity index (χ2n) is 11.7. The Morgan fingerprint density at radius 2 is 0.850 bits per heavy atom. The molecule has 0 radical (unpaired) electrons. The predicted molar refractivity (Wildman–Crippen MR) is 169 cm³/mol. The zero-order chi connectivity index (χ0) is 29.1. The number of hydrogen-bond acceptors (Lipinski definition) is 4. The standard InChI is InChI=1S/C36H62O4/c1-4-7-10-13-16-17-18-19-20-23-26-32-29-30-33(39-35(37)27-24-21-14-11-8-5-2)34(31-32)40-36(38)28-25-22-15-12-9-6-3/h29-31H,4-28H2,1-3H3. The van der Waals surface area contributed by atoms with E-state index >= 15 is 0 Å². The van der Waals surface area contributed by atoms with Gasteiger partial charge in [-0.1, -0.05) is 149 Å². The summed E-state index contributed by atoms with van der Waals surface area (Å²) in [5, 5.41) is 0. The minimum absolute atomic E-state index is 0.236. The lowest BCUT2D eigenvalue weighted by Gasteiger charge is -2.13. The van der Waals surface area contributed by atoms with Gasteiger partial charge in [0.2, 0.25) is 0 Å². The third-order valence-electron chi connectivity index (χ3n) is 7.74. The maximum Gasteiger partial charge on any atom is 0.311 e. The highest BCUT2D eigenvalue weighted by Gasteiger charge is 2.15. The van der Waals surface area contributed by atoms with Crippen LogP contribution in [0.3, 0.4) is 0 Å². The fourth-order valence-corrected chi connectivity index (χ4v) is 5.14. The van der Waals surface area contributed by atoms with Crippen molar-refractivity contribution in [2.24, 2.45) is 0 Å². The zero-order valence-electron chi connectivity index (χ0n) is 26.5. The largest absolute Gasteiger partial charge is 0.423 e. The number of rotatable bonds is 27. The first-order valence-corrected chi connectivity index (χ1v) is 17.1. The Morgan fingerprint density at radius 3 is 1.30 bits per heavy atom. The van der Waals surface area contributed by atoms with E-state index in [2.05, 4.69) is 20.8 Å². The van der Waals surface area contributed by atoms with Crippen LogP contribution in [0.25, 0.3) is 0 Å². The highest BCUT2D eigenvalue weighted by atomic mass is 16.6. The monoisotopic (exact) mass is 558 g/mol. The molecule has 0 saturated heterocycles. The summed E-state index contributed by atoms with van der Waals surface area (Å²) >= 11 is 0. The van der Waals surface area contributed by atoms with Gasteiger partial charge in [-0.25, -0.2) is 0 Å². The van der Waals surface area contributed by atoms with Crippen molar-refractivity contribution >= 4 is 11.9 Å². The van der Waals surface area contributed by atoms with Crippen molar-refractivity contribution < 1.29 is 19.1 Å². The summed E-state index contributed by atoms with van der Waals surface area (Å²) in [6.07, 6.45) is 28.4. The van der Waals surface area contributed by atoms with Crippen LogP contribution in [-0.4, -0.2) is 11.9 Å². The number of benzene rings is 1. The van der Waals surface area contributed by atoms with Crippen LogP contribution < -0.4 is 9.47 Å². The molecule has 0 aliphatic heterocycles. The topological polar surface area (TPSA) is 52.6 Å². The van der Waals surface area contributed by atoms with Gasteiger partial charge in [-0.15, -0.1) is 0 Å². The van der Waals surface area contributed by atoms with E-state index in [1.807, 2.05) is 18.2 Å². The number of hydrogen-bond donors (Lipinski definition) is 0. The summed E-state index contributed by atoms with van der Waals surface area (Å²) in [5.74, 6) is 0.293. The molecule has 0 heterocycles.